The number of aryl methyl sites for hydroxylation is 1. The van der Waals surface area contributed by atoms with Crippen LogP contribution in [0, 0.1) is 11.7 Å². The van der Waals surface area contributed by atoms with Crippen LogP contribution in [0.1, 0.15) is 30.4 Å². The number of carbonyl (C=O) groups is 1. The highest BCUT2D eigenvalue weighted by Crippen LogP contribution is 2.28. The molecule has 6 nitrogen and oxygen atoms in total. The highest BCUT2D eigenvalue weighted by molar-refractivity contribution is 7.89. The molecular weight excluding hydrogens is 405 g/mol. The van der Waals surface area contributed by atoms with Gasteiger partial charge in [-0.25, -0.2) is 17.5 Å². The van der Waals surface area contributed by atoms with Gasteiger partial charge in [-0.2, -0.15) is 0 Å². The first-order chi connectivity index (χ1) is 14.4. The summed E-state index contributed by atoms with van der Waals surface area (Å²) >= 11 is 0. The van der Waals surface area contributed by atoms with Crippen LogP contribution >= 0.6 is 0 Å². The molecule has 0 saturated carbocycles. The van der Waals surface area contributed by atoms with E-state index in [1.54, 1.807) is 0 Å². The number of carbonyl (C=O) groups excluding carboxylic acids is 1. The zero-order valence-corrected chi connectivity index (χ0v) is 17.6. The Hall–Kier alpha value is -2.29. The summed E-state index contributed by atoms with van der Waals surface area (Å²) in [5.41, 5.74) is 2.23. The van der Waals surface area contributed by atoms with Crippen LogP contribution in [-0.4, -0.2) is 38.9 Å². The quantitative estimate of drug-likeness (QED) is 0.737. The zero-order valence-electron chi connectivity index (χ0n) is 16.7. The molecule has 8 heteroatoms. The smallest absolute Gasteiger partial charge is 0.243 e. The van der Waals surface area contributed by atoms with Gasteiger partial charge in [0.2, 0.25) is 15.9 Å². The van der Waals surface area contributed by atoms with E-state index in [1.165, 1.54) is 11.6 Å². The maximum Gasteiger partial charge on any atom is 0.243 e. The molecule has 1 amide bonds. The second-order valence-corrected chi connectivity index (χ2v) is 9.80. The standard InChI is InChI=1S/C22H26FN3O3S/c23-19-12-20-18(8-9-22(27)25-20)11-21(19)30(28,29)24-13-17-7-4-10-26(15-17)14-16-5-2-1-3-6-16/h1-3,5-6,11-12,17,24H,4,7-10,13-15H2,(H,25,27). The van der Waals surface area contributed by atoms with Crippen molar-refractivity contribution in [3.05, 3.63) is 59.4 Å². The monoisotopic (exact) mass is 431 g/mol. The van der Waals surface area contributed by atoms with Gasteiger partial charge in [-0.05, 0) is 55.0 Å². The Labute approximate surface area is 176 Å². The summed E-state index contributed by atoms with van der Waals surface area (Å²) < 4.78 is 42.6. The molecule has 0 aliphatic carbocycles. The summed E-state index contributed by atoms with van der Waals surface area (Å²) in [5.74, 6) is -0.858. The number of piperidine rings is 1. The molecule has 0 aromatic heterocycles. The van der Waals surface area contributed by atoms with Crippen molar-refractivity contribution < 1.29 is 17.6 Å². The van der Waals surface area contributed by atoms with Gasteiger partial charge in [-0.15, -0.1) is 0 Å². The number of rotatable bonds is 6. The van der Waals surface area contributed by atoms with Gasteiger partial charge in [0.25, 0.3) is 0 Å². The van der Waals surface area contributed by atoms with E-state index in [9.17, 15) is 17.6 Å². The lowest BCUT2D eigenvalue weighted by Crippen LogP contribution is -2.40. The Morgan fingerprint density at radius 2 is 1.97 bits per heavy atom. The minimum Gasteiger partial charge on any atom is -0.326 e. The third-order valence-corrected chi connectivity index (χ3v) is 7.20. The molecule has 2 N–H and O–H groups in total. The Morgan fingerprint density at radius 1 is 1.17 bits per heavy atom. The van der Waals surface area contributed by atoms with Gasteiger partial charge < -0.3 is 5.32 Å². The summed E-state index contributed by atoms with van der Waals surface area (Å²) in [4.78, 5) is 13.5. The van der Waals surface area contributed by atoms with Crippen LogP contribution < -0.4 is 10.0 Å². The molecule has 2 aliphatic heterocycles. The van der Waals surface area contributed by atoms with Gasteiger partial charge in [0, 0.05) is 31.7 Å². The molecule has 2 aromatic rings. The van der Waals surface area contributed by atoms with E-state index >= 15 is 0 Å². The summed E-state index contributed by atoms with van der Waals surface area (Å²) in [7, 11) is -3.97. The largest absolute Gasteiger partial charge is 0.326 e. The average Bonchev–Trinajstić information content (AvgIpc) is 2.73. The first-order valence-corrected chi connectivity index (χ1v) is 11.8. The molecule has 1 fully saturated rings. The van der Waals surface area contributed by atoms with Gasteiger partial charge in [-0.3, -0.25) is 9.69 Å². The molecule has 0 radical (unpaired) electrons. The van der Waals surface area contributed by atoms with Crippen LogP contribution in [0.25, 0.3) is 0 Å². The summed E-state index contributed by atoms with van der Waals surface area (Å²) in [6, 6.07) is 12.7. The number of fused-ring (bicyclic) bond motifs is 1. The molecule has 2 heterocycles. The lowest BCUT2D eigenvalue weighted by molar-refractivity contribution is -0.116. The fourth-order valence-electron chi connectivity index (χ4n) is 4.19. The molecule has 4 rings (SSSR count). The van der Waals surface area contributed by atoms with Crippen LogP contribution in [0.15, 0.2) is 47.4 Å². The number of benzene rings is 2. The average molecular weight is 432 g/mol. The van der Waals surface area contributed by atoms with Gasteiger partial charge in [0.1, 0.15) is 10.7 Å². The molecule has 0 bridgehead atoms. The Balaban J connectivity index is 1.40. The van der Waals surface area contributed by atoms with E-state index in [2.05, 4.69) is 27.1 Å². The minimum absolute atomic E-state index is 0.178. The number of hydrogen-bond acceptors (Lipinski definition) is 4. The minimum atomic E-state index is -3.97. The fourth-order valence-corrected chi connectivity index (χ4v) is 5.42. The van der Waals surface area contributed by atoms with Gasteiger partial charge >= 0.3 is 0 Å². The van der Waals surface area contributed by atoms with E-state index in [0.717, 1.165) is 38.5 Å². The third kappa shape index (κ3) is 4.88. The van der Waals surface area contributed by atoms with Gasteiger partial charge in [0.15, 0.2) is 0 Å². The van der Waals surface area contributed by atoms with E-state index < -0.39 is 15.8 Å². The number of halogens is 1. The first kappa shape index (κ1) is 21.0. The maximum atomic E-state index is 14.5. The number of sulfonamides is 1. The van der Waals surface area contributed by atoms with E-state index in [0.29, 0.717) is 17.7 Å². The number of likely N-dealkylation sites (tertiary alicyclic amines) is 1. The van der Waals surface area contributed by atoms with Crippen LogP contribution in [0.2, 0.25) is 0 Å². The number of amides is 1. The summed E-state index contributed by atoms with van der Waals surface area (Å²) in [5, 5.41) is 2.59. The molecular formula is C22H26FN3O3S. The fraction of sp³-hybridized carbons (Fsp3) is 0.409. The summed E-state index contributed by atoms with van der Waals surface area (Å²) in [6.07, 6.45) is 2.62. The molecule has 2 aliphatic rings. The highest BCUT2D eigenvalue weighted by Gasteiger charge is 2.26. The molecule has 2 aromatic carbocycles. The van der Waals surface area contributed by atoms with Crippen molar-refractivity contribution >= 4 is 21.6 Å². The van der Waals surface area contributed by atoms with Crippen LogP contribution in [0.4, 0.5) is 10.1 Å². The normalized spacial score (nSPS) is 19.9. The van der Waals surface area contributed by atoms with E-state index in [1.807, 2.05) is 18.2 Å². The van der Waals surface area contributed by atoms with Crippen molar-refractivity contribution in [3.63, 3.8) is 0 Å². The Bertz CT molecular complexity index is 1030. The number of anilines is 1. The van der Waals surface area contributed by atoms with Gasteiger partial charge in [-0.1, -0.05) is 30.3 Å². The van der Waals surface area contributed by atoms with Crippen molar-refractivity contribution in [2.75, 3.05) is 25.0 Å². The third-order valence-electron chi connectivity index (χ3n) is 5.76. The van der Waals surface area contributed by atoms with Crippen molar-refractivity contribution in [3.8, 4) is 0 Å². The van der Waals surface area contributed by atoms with Crippen LogP contribution in [0.5, 0.6) is 0 Å². The van der Waals surface area contributed by atoms with Crippen molar-refractivity contribution in [2.24, 2.45) is 5.92 Å². The topological polar surface area (TPSA) is 78.5 Å². The molecule has 0 spiro atoms. The number of hydrogen-bond donors (Lipinski definition) is 2. The first-order valence-electron chi connectivity index (χ1n) is 10.3. The SMILES string of the molecule is O=C1CCc2cc(S(=O)(=O)NCC3CCCN(Cc4ccccc4)C3)c(F)cc2N1. The lowest BCUT2D eigenvalue weighted by atomic mass is 9.98. The molecule has 1 unspecified atom stereocenters. The predicted molar refractivity (Wildman–Crippen MR) is 113 cm³/mol. The van der Waals surface area contributed by atoms with Gasteiger partial charge in [0.05, 0.1) is 0 Å². The maximum absolute atomic E-state index is 14.5. The zero-order chi connectivity index (χ0) is 21.1. The van der Waals surface area contributed by atoms with Crippen LogP contribution in [0.3, 0.4) is 0 Å². The van der Waals surface area contributed by atoms with Crippen molar-refractivity contribution in [1.29, 1.82) is 0 Å². The van der Waals surface area contributed by atoms with Crippen molar-refractivity contribution in [2.45, 2.75) is 37.1 Å². The molecule has 30 heavy (non-hydrogen) atoms. The van der Waals surface area contributed by atoms with E-state index in [4.69, 9.17) is 0 Å². The Kier molecular flexibility index (Phi) is 6.17. The molecule has 160 valence electrons. The second kappa shape index (κ2) is 8.83. The van der Waals surface area contributed by atoms with E-state index in [-0.39, 0.29) is 29.7 Å². The number of nitrogens with one attached hydrogen (secondary N) is 2. The Morgan fingerprint density at radius 3 is 2.77 bits per heavy atom. The number of nitrogens with zero attached hydrogens (tertiary/aromatic N) is 1. The molecule has 1 atom stereocenters. The lowest BCUT2D eigenvalue weighted by Gasteiger charge is -2.32. The van der Waals surface area contributed by atoms with Crippen LogP contribution in [-0.2, 0) is 27.8 Å². The molecule has 1 saturated heterocycles. The highest BCUT2D eigenvalue weighted by atomic mass is 32.2. The second-order valence-electron chi connectivity index (χ2n) is 8.07. The summed E-state index contributed by atoms with van der Waals surface area (Å²) in [6.45, 7) is 2.91. The van der Waals surface area contributed by atoms with Crippen molar-refractivity contribution in [1.82, 2.24) is 9.62 Å². The predicted octanol–water partition coefficient (Wildman–Crippen LogP) is 2.90.